The molecule has 1 N–H and O–H groups in total. The van der Waals surface area contributed by atoms with Gasteiger partial charge in [-0.3, -0.25) is 13.9 Å². The Morgan fingerprint density at radius 2 is 1.64 bits per heavy atom. The predicted octanol–water partition coefficient (Wildman–Crippen LogP) is 5.88. The van der Waals surface area contributed by atoms with Gasteiger partial charge in [-0.05, 0) is 69.5 Å². The SMILES string of the molecule is CC[C@@H](C)NC(=O)[C@H](CC)N(Cc1cccc(C)c1)C(=O)CN(c1cc(Cl)ccc1OC)S(=O)(=O)c1ccc(C)cc1. The highest BCUT2D eigenvalue weighted by atomic mass is 35.5. The van der Waals surface area contributed by atoms with Crippen molar-refractivity contribution in [3.63, 3.8) is 0 Å². The first kappa shape index (κ1) is 32.9. The number of carbonyl (C=O) groups excluding carboxylic acids is 2. The minimum absolute atomic E-state index is 0.00900. The second kappa shape index (κ2) is 14.6. The molecule has 0 aromatic heterocycles. The maximum absolute atomic E-state index is 14.3. The lowest BCUT2D eigenvalue weighted by Gasteiger charge is -2.34. The fourth-order valence-electron chi connectivity index (χ4n) is 4.58. The van der Waals surface area contributed by atoms with Crippen LogP contribution in [0.25, 0.3) is 0 Å². The highest BCUT2D eigenvalue weighted by molar-refractivity contribution is 7.92. The van der Waals surface area contributed by atoms with E-state index in [1.165, 1.54) is 30.2 Å². The van der Waals surface area contributed by atoms with Crippen molar-refractivity contribution < 1.29 is 22.7 Å². The van der Waals surface area contributed by atoms with Crippen LogP contribution in [0.4, 0.5) is 5.69 Å². The van der Waals surface area contributed by atoms with E-state index in [1.807, 2.05) is 58.9 Å². The molecule has 3 aromatic carbocycles. The Bertz CT molecular complexity index is 1490. The average molecular weight is 614 g/mol. The Labute approximate surface area is 254 Å². The number of nitrogens with zero attached hydrogens (tertiary/aromatic N) is 2. The number of ether oxygens (including phenoxy) is 1. The number of sulfonamides is 1. The van der Waals surface area contributed by atoms with Crippen LogP contribution in [0.5, 0.6) is 5.75 Å². The number of nitrogens with one attached hydrogen (secondary N) is 1. The normalized spacial score (nSPS) is 12.7. The Hall–Kier alpha value is -3.56. The smallest absolute Gasteiger partial charge is 0.264 e. The van der Waals surface area contributed by atoms with Gasteiger partial charge in [-0.15, -0.1) is 0 Å². The highest BCUT2D eigenvalue weighted by Gasteiger charge is 2.35. The molecule has 0 bridgehead atoms. The van der Waals surface area contributed by atoms with Gasteiger partial charge in [0.1, 0.15) is 18.3 Å². The van der Waals surface area contributed by atoms with E-state index in [1.54, 1.807) is 24.3 Å². The van der Waals surface area contributed by atoms with Crippen LogP contribution in [0, 0.1) is 13.8 Å². The van der Waals surface area contributed by atoms with E-state index in [0.29, 0.717) is 6.42 Å². The van der Waals surface area contributed by atoms with Gasteiger partial charge in [0.15, 0.2) is 0 Å². The molecule has 42 heavy (non-hydrogen) atoms. The lowest BCUT2D eigenvalue weighted by atomic mass is 10.1. The molecule has 0 fully saturated rings. The summed E-state index contributed by atoms with van der Waals surface area (Å²) in [5, 5.41) is 3.26. The summed E-state index contributed by atoms with van der Waals surface area (Å²) in [5.41, 5.74) is 2.83. The number of hydrogen-bond acceptors (Lipinski definition) is 5. The van der Waals surface area contributed by atoms with Crippen molar-refractivity contribution >= 4 is 39.1 Å². The predicted molar refractivity (Wildman–Crippen MR) is 167 cm³/mol. The zero-order valence-corrected chi connectivity index (χ0v) is 26.6. The quantitative estimate of drug-likeness (QED) is 0.260. The summed E-state index contributed by atoms with van der Waals surface area (Å²) in [4.78, 5) is 29.2. The van der Waals surface area contributed by atoms with Gasteiger partial charge in [0, 0.05) is 17.6 Å². The first-order valence-corrected chi connectivity index (χ1v) is 15.8. The van der Waals surface area contributed by atoms with Crippen LogP contribution >= 0.6 is 11.6 Å². The zero-order valence-electron chi connectivity index (χ0n) is 25.1. The van der Waals surface area contributed by atoms with Crippen LogP contribution in [0.15, 0.2) is 71.6 Å². The van der Waals surface area contributed by atoms with Crippen LogP contribution in [0.1, 0.15) is 50.3 Å². The van der Waals surface area contributed by atoms with E-state index in [2.05, 4.69) is 5.32 Å². The first-order valence-electron chi connectivity index (χ1n) is 14.0. The van der Waals surface area contributed by atoms with E-state index in [-0.39, 0.29) is 39.8 Å². The van der Waals surface area contributed by atoms with Crippen LogP contribution in [-0.4, -0.2) is 50.9 Å². The third-order valence-corrected chi connectivity index (χ3v) is 9.13. The lowest BCUT2D eigenvalue weighted by molar-refractivity contribution is -0.140. The number of halogens is 1. The molecule has 0 aliphatic carbocycles. The molecule has 3 rings (SSSR count). The number of amides is 2. The van der Waals surface area contributed by atoms with Crippen LogP contribution in [0.2, 0.25) is 5.02 Å². The summed E-state index contributed by atoms with van der Waals surface area (Å²) in [6.07, 6.45) is 1.07. The van der Waals surface area contributed by atoms with Gasteiger partial charge in [-0.2, -0.15) is 0 Å². The molecule has 226 valence electrons. The minimum Gasteiger partial charge on any atom is -0.495 e. The lowest BCUT2D eigenvalue weighted by Crippen LogP contribution is -2.53. The molecule has 8 nitrogen and oxygen atoms in total. The number of aryl methyl sites for hydroxylation is 2. The van der Waals surface area contributed by atoms with Gasteiger partial charge in [0.05, 0.1) is 17.7 Å². The van der Waals surface area contributed by atoms with E-state index in [9.17, 15) is 18.0 Å². The van der Waals surface area contributed by atoms with Crippen molar-refractivity contribution in [2.45, 2.75) is 71.0 Å². The summed E-state index contributed by atoms with van der Waals surface area (Å²) in [7, 11) is -2.84. The van der Waals surface area contributed by atoms with Crippen molar-refractivity contribution in [2.75, 3.05) is 18.0 Å². The number of carbonyl (C=O) groups is 2. The third-order valence-electron chi connectivity index (χ3n) is 7.12. The molecule has 3 aromatic rings. The molecule has 0 saturated carbocycles. The minimum atomic E-state index is -4.26. The molecule has 0 radical (unpaired) electrons. The first-order chi connectivity index (χ1) is 19.9. The summed E-state index contributed by atoms with van der Waals surface area (Å²) >= 11 is 6.31. The molecule has 0 unspecified atom stereocenters. The number of anilines is 1. The van der Waals surface area contributed by atoms with Gasteiger partial charge < -0.3 is 15.0 Å². The molecule has 0 saturated heterocycles. The monoisotopic (exact) mass is 613 g/mol. The van der Waals surface area contributed by atoms with Gasteiger partial charge in [0.25, 0.3) is 10.0 Å². The molecule has 2 amide bonds. The third kappa shape index (κ3) is 8.04. The van der Waals surface area contributed by atoms with E-state index in [0.717, 1.165) is 27.4 Å². The van der Waals surface area contributed by atoms with Crippen LogP contribution in [-0.2, 0) is 26.2 Å². The number of hydrogen-bond donors (Lipinski definition) is 1. The van der Waals surface area contributed by atoms with Gasteiger partial charge in [-0.25, -0.2) is 8.42 Å². The summed E-state index contributed by atoms with van der Waals surface area (Å²) in [6.45, 7) is 9.05. The summed E-state index contributed by atoms with van der Waals surface area (Å²) in [6, 6.07) is 17.7. The zero-order chi connectivity index (χ0) is 31.0. The molecule has 2 atom stereocenters. The number of methoxy groups -OCH3 is 1. The Morgan fingerprint density at radius 1 is 0.952 bits per heavy atom. The summed E-state index contributed by atoms with van der Waals surface area (Å²) < 4.78 is 34.7. The highest BCUT2D eigenvalue weighted by Crippen LogP contribution is 2.35. The molecule has 0 aliphatic rings. The standard InChI is InChI=1S/C32H40ClN3O5S/c1-7-24(5)34-32(38)28(8-2)35(20-25-11-9-10-23(4)18-25)31(37)21-36(29-19-26(33)14-17-30(29)41-6)42(39,40)27-15-12-22(3)13-16-27/h9-19,24,28H,7-8,20-21H2,1-6H3,(H,34,38)/t24-,28+/m1/s1. The molecule has 0 aliphatic heterocycles. The fourth-order valence-corrected chi connectivity index (χ4v) is 6.16. The van der Waals surface area contributed by atoms with Crippen molar-refractivity contribution in [2.24, 2.45) is 0 Å². The number of rotatable bonds is 13. The second-order valence-corrected chi connectivity index (χ2v) is 12.7. The van der Waals surface area contributed by atoms with E-state index in [4.69, 9.17) is 16.3 Å². The summed E-state index contributed by atoms with van der Waals surface area (Å²) in [5.74, 6) is -0.601. The molecule has 0 heterocycles. The molecular weight excluding hydrogens is 574 g/mol. The Kier molecular flexibility index (Phi) is 11.4. The van der Waals surface area contributed by atoms with Gasteiger partial charge in [-0.1, -0.05) is 73.0 Å². The van der Waals surface area contributed by atoms with Crippen molar-refractivity contribution in [3.05, 3.63) is 88.4 Å². The second-order valence-electron chi connectivity index (χ2n) is 10.4. The van der Waals surface area contributed by atoms with Crippen molar-refractivity contribution in [1.82, 2.24) is 10.2 Å². The molecular formula is C32H40ClN3O5S. The molecule has 10 heteroatoms. The van der Waals surface area contributed by atoms with E-state index < -0.39 is 28.5 Å². The Morgan fingerprint density at radius 3 is 2.24 bits per heavy atom. The van der Waals surface area contributed by atoms with Crippen molar-refractivity contribution in [1.29, 1.82) is 0 Å². The topological polar surface area (TPSA) is 96.0 Å². The van der Waals surface area contributed by atoms with Gasteiger partial charge in [0.2, 0.25) is 11.8 Å². The van der Waals surface area contributed by atoms with Gasteiger partial charge >= 0.3 is 0 Å². The van der Waals surface area contributed by atoms with Crippen LogP contribution in [0.3, 0.4) is 0 Å². The maximum atomic E-state index is 14.3. The molecule has 0 spiro atoms. The van der Waals surface area contributed by atoms with Crippen LogP contribution < -0.4 is 14.4 Å². The average Bonchev–Trinajstić information content (AvgIpc) is 2.95. The Balaban J connectivity index is 2.13. The maximum Gasteiger partial charge on any atom is 0.264 e. The number of benzene rings is 3. The fraction of sp³-hybridized carbons (Fsp3) is 0.375. The van der Waals surface area contributed by atoms with Crippen molar-refractivity contribution in [3.8, 4) is 5.75 Å². The largest absolute Gasteiger partial charge is 0.495 e. The van der Waals surface area contributed by atoms with E-state index >= 15 is 0 Å².